The predicted octanol–water partition coefficient (Wildman–Crippen LogP) is 4.10. The third kappa shape index (κ3) is 3.78. The molecule has 0 saturated carbocycles. The number of carbonyl (C=O) groups is 1. The lowest BCUT2D eigenvalue weighted by molar-refractivity contribution is -0.117. The first-order valence-corrected chi connectivity index (χ1v) is 9.11. The quantitative estimate of drug-likeness (QED) is 0.626. The number of aromatic nitrogens is 2. The van der Waals surface area contributed by atoms with Gasteiger partial charge in [-0.1, -0.05) is 26.8 Å². The Morgan fingerprint density at radius 3 is 2.77 bits per heavy atom. The molecule has 0 fully saturated rings. The van der Waals surface area contributed by atoms with E-state index in [4.69, 9.17) is 5.73 Å². The van der Waals surface area contributed by atoms with E-state index >= 15 is 0 Å². The number of nitrogens with two attached hydrogens (primary N) is 1. The van der Waals surface area contributed by atoms with E-state index in [0.29, 0.717) is 12.3 Å². The summed E-state index contributed by atoms with van der Waals surface area (Å²) >= 11 is 0. The van der Waals surface area contributed by atoms with Crippen LogP contribution in [0.4, 0.5) is 5.69 Å². The van der Waals surface area contributed by atoms with Crippen molar-refractivity contribution in [1.82, 2.24) is 9.97 Å². The summed E-state index contributed by atoms with van der Waals surface area (Å²) in [4.78, 5) is 19.8. The molecule has 136 valence electrons. The van der Waals surface area contributed by atoms with Crippen molar-refractivity contribution in [2.24, 2.45) is 11.7 Å². The highest BCUT2D eigenvalue weighted by atomic mass is 16.2. The SMILES string of the molecule is CCc1cc(NC(=O)[C@@H](N)CC(C)C)ccc1-c1ccnc2[nH]ccc12. The average molecular weight is 350 g/mol. The lowest BCUT2D eigenvalue weighted by atomic mass is 9.96. The Morgan fingerprint density at radius 1 is 1.23 bits per heavy atom. The third-order valence-electron chi connectivity index (χ3n) is 4.57. The first-order valence-electron chi connectivity index (χ1n) is 9.11. The number of fused-ring (bicyclic) bond motifs is 1. The highest BCUT2D eigenvalue weighted by Crippen LogP contribution is 2.31. The number of pyridine rings is 1. The summed E-state index contributed by atoms with van der Waals surface area (Å²) in [6.07, 6.45) is 5.25. The van der Waals surface area contributed by atoms with E-state index in [1.807, 2.05) is 36.7 Å². The van der Waals surface area contributed by atoms with Gasteiger partial charge in [0.05, 0.1) is 6.04 Å². The Morgan fingerprint density at radius 2 is 2.04 bits per heavy atom. The number of nitrogens with zero attached hydrogens (tertiary/aromatic N) is 1. The fraction of sp³-hybridized carbons (Fsp3) is 0.333. The molecule has 2 aromatic heterocycles. The lowest BCUT2D eigenvalue weighted by Crippen LogP contribution is -2.36. The van der Waals surface area contributed by atoms with E-state index in [9.17, 15) is 4.79 Å². The van der Waals surface area contributed by atoms with Gasteiger partial charge in [-0.2, -0.15) is 0 Å². The highest BCUT2D eigenvalue weighted by Gasteiger charge is 2.16. The largest absolute Gasteiger partial charge is 0.346 e. The van der Waals surface area contributed by atoms with Crippen LogP contribution >= 0.6 is 0 Å². The van der Waals surface area contributed by atoms with Crippen LogP contribution in [0.25, 0.3) is 22.2 Å². The Bertz CT molecular complexity index is 913. The number of hydrogen-bond acceptors (Lipinski definition) is 3. The summed E-state index contributed by atoms with van der Waals surface area (Å²) in [5.74, 6) is 0.255. The predicted molar refractivity (Wildman–Crippen MR) is 107 cm³/mol. The van der Waals surface area contributed by atoms with Crippen LogP contribution in [0.5, 0.6) is 0 Å². The van der Waals surface area contributed by atoms with Crippen molar-refractivity contribution in [2.45, 2.75) is 39.7 Å². The Kier molecular flexibility index (Phi) is 5.38. The molecule has 0 spiro atoms. The molecule has 5 heteroatoms. The molecule has 1 aromatic carbocycles. The Balaban J connectivity index is 1.89. The minimum Gasteiger partial charge on any atom is -0.346 e. The molecule has 0 unspecified atom stereocenters. The number of H-pyrrole nitrogens is 1. The maximum absolute atomic E-state index is 12.3. The molecule has 4 N–H and O–H groups in total. The van der Waals surface area contributed by atoms with Crippen molar-refractivity contribution in [3.8, 4) is 11.1 Å². The van der Waals surface area contributed by atoms with Crippen molar-refractivity contribution >= 4 is 22.6 Å². The Labute approximate surface area is 154 Å². The molecule has 1 atom stereocenters. The van der Waals surface area contributed by atoms with Crippen molar-refractivity contribution in [3.63, 3.8) is 0 Å². The number of aryl methyl sites for hydroxylation is 1. The molecule has 2 heterocycles. The molecule has 26 heavy (non-hydrogen) atoms. The highest BCUT2D eigenvalue weighted by molar-refractivity contribution is 5.97. The molecule has 0 aliphatic heterocycles. The summed E-state index contributed by atoms with van der Waals surface area (Å²) in [5, 5.41) is 4.05. The van der Waals surface area contributed by atoms with E-state index in [2.05, 4.69) is 42.1 Å². The van der Waals surface area contributed by atoms with Gasteiger partial charge in [-0.25, -0.2) is 4.98 Å². The monoisotopic (exact) mass is 350 g/mol. The fourth-order valence-corrected chi connectivity index (χ4v) is 3.27. The average Bonchev–Trinajstić information content (AvgIpc) is 3.09. The minimum absolute atomic E-state index is 0.134. The van der Waals surface area contributed by atoms with Gasteiger partial charge >= 0.3 is 0 Å². The van der Waals surface area contributed by atoms with Gasteiger partial charge in [0.2, 0.25) is 5.91 Å². The molecule has 0 aliphatic rings. The molecule has 0 radical (unpaired) electrons. The van der Waals surface area contributed by atoms with Crippen LogP contribution in [-0.2, 0) is 11.2 Å². The molecule has 5 nitrogen and oxygen atoms in total. The fourth-order valence-electron chi connectivity index (χ4n) is 3.27. The van der Waals surface area contributed by atoms with Crippen molar-refractivity contribution in [1.29, 1.82) is 0 Å². The molecule has 1 amide bonds. The van der Waals surface area contributed by atoms with Gasteiger partial charge in [0, 0.05) is 23.5 Å². The second-order valence-corrected chi connectivity index (χ2v) is 7.05. The number of carbonyl (C=O) groups excluding carboxylic acids is 1. The van der Waals surface area contributed by atoms with Gasteiger partial charge in [0.15, 0.2) is 0 Å². The second-order valence-electron chi connectivity index (χ2n) is 7.05. The molecule has 0 aliphatic carbocycles. The van der Waals surface area contributed by atoms with Crippen LogP contribution in [0.15, 0.2) is 42.7 Å². The number of aromatic amines is 1. The summed E-state index contributed by atoms with van der Waals surface area (Å²) < 4.78 is 0. The first kappa shape index (κ1) is 18.1. The molecular formula is C21H26N4O. The second kappa shape index (κ2) is 7.70. The van der Waals surface area contributed by atoms with Crippen LogP contribution < -0.4 is 11.1 Å². The van der Waals surface area contributed by atoms with E-state index in [-0.39, 0.29) is 5.91 Å². The zero-order valence-corrected chi connectivity index (χ0v) is 15.5. The summed E-state index contributed by atoms with van der Waals surface area (Å²) in [7, 11) is 0. The molecule has 3 aromatic rings. The van der Waals surface area contributed by atoms with E-state index < -0.39 is 6.04 Å². The lowest BCUT2D eigenvalue weighted by Gasteiger charge is -2.16. The van der Waals surface area contributed by atoms with E-state index in [0.717, 1.165) is 34.3 Å². The summed E-state index contributed by atoms with van der Waals surface area (Å²) in [6, 6.07) is 9.62. The van der Waals surface area contributed by atoms with Crippen LogP contribution in [0.2, 0.25) is 0 Å². The van der Waals surface area contributed by atoms with Crippen LogP contribution in [0, 0.1) is 5.92 Å². The third-order valence-corrected chi connectivity index (χ3v) is 4.57. The van der Waals surface area contributed by atoms with Gasteiger partial charge in [0.1, 0.15) is 5.65 Å². The van der Waals surface area contributed by atoms with Crippen molar-refractivity contribution < 1.29 is 4.79 Å². The van der Waals surface area contributed by atoms with E-state index in [1.54, 1.807) is 0 Å². The zero-order valence-electron chi connectivity index (χ0n) is 15.5. The number of hydrogen-bond donors (Lipinski definition) is 3. The standard InChI is InChI=1S/C21H26N4O/c1-4-14-12-15(25-21(26)19(22)11-13(2)3)5-6-16(14)17-7-9-23-20-18(17)8-10-24-20/h5-10,12-13,19H,4,11,22H2,1-3H3,(H,23,24)(H,25,26)/t19-/m0/s1. The normalized spacial score (nSPS) is 12.5. The topological polar surface area (TPSA) is 83.8 Å². The summed E-state index contributed by atoms with van der Waals surface area (Å²) in [5.41, 5.74) is 11.1. The number of benzene rings is 1. The number of nitrogens with one attached hydrogen (secondary N) is 2. The van der Waals surface area contributed by atoms with Crippen LogP contribution in [0.1, 0.15) is 32.8 Å². The minimum atomic E-state index is -0.487. The molecule has 0 bridgehead atoms. The number of anilines is 1. The molecular weight excluding hydrogens is 324 g/mol. The molecule has 0 saturated heterocycles. The molecule has 3 rings (SSSR count). The maximum Gasteiger partial charge on any atom is 0.241 e. The Hall–Kier alpha value is -2.66. The number of rotatable bonds is 6. The van der Waals surface area contributed by atoms with Gasteiger partial charge in [-0.15, -0.1) is 0 Å². The zero-order chi connectivity index (χ0) is 18.7. The maximum atomic E-state index is 12.3. The van der Waals surface area contributed by atoms with Gasteiger partial charge in [-0.05, 0) is 59.7 Å². The van der Waals surface area contributed by atoms with Gasteiger partial charge < -0.3 is 16.0 Å². The van der Waals surface area contributed by atoms with Crippen LogP contribution in [0.3, 0.4) is 0 Å². The number of amides is 1. The first-order chi connectivity index (χ1) is 12.5. The van der Waals surface area contributed by atoms with Gasteiger partial charge in [-0.3, -0.25) is 4.79 Å². The summed E-state index contributed by atoms with van der Waals surface area (Å²) in [6.45, 7) is 6.24. The smallest absolute Gasteiger partial charge is 0.241 e. The van der Waals surface area contributed by atoms with Gasteiger partial charge in [0.25, 0.3) is 0 Å². The van der Waals surface area contributed by atoms with E-state index in [1.165, 1.54) is 5.56 Å². The van der Waals surface area contributed by atoms with Crippen molar-refractivity contribution in [3.05, 3.63) is 48.3 Å². The van der Waals surface area contributed by atoms with Crippen molar-refractivity contribution in [2.75, 3.05) is 5.32 Å². The van der Waals surface area contributed by atoms with Crippen LogP contribution in [-0.4, -0.2) is 21.9 Å².